The zero-order chi connectivity index (χ0) is 24.5. The molecule has 0 aliphatic rings. The zero-order valence-corrected chi connectivity index (χ0v) is 21.8. The van der Waals surface area contributed by atoms with Crippen molar-refractivity contribution in [1.82, 2.24) is 10.2 Å². The van der Waals surface area contributed by atoms with Gasteiger partial charge in [-0.25, -0.2) is 0 Å². The van der Waals surface area contributed by atoms with Gasteiger partial charge in [0.1, 0.15) is 6.04 Å². The molecule has 0 aliphatic carbocycles. The fourth-order valence-electron chi connectivity index (χ4n) is 3.64. The highest BCUT2D eigenvalue weighted by atomic mass is 35.5. The van der Waals surface area contributed by atoms with Crippen molar-refractivity contribution in [3.05, 3.63) is 69.2 Å². The first-order valence-corrected chi connectivity index (χ1v) is 12.5. The Balaban J connectivity index is 2.20. The molecule has 0 saturated carbocycles. The number of nitrogens with one attached hydrogen (secondary N) is 1. The van der Waals surface area contributed by atoms with Crippen LogP contribution in [0, 0.1) is 5.92 Å². The number of hydrogen-bond acceptors (Lipinski definition) is 2. The van der Waals surface area contributed by atoms with Gasteiger partial charge in [0.2, 0.25) is 11.8 Å². The molecule has 180 valence electrons. The first-order chi connectivity index (χ1) is 15.6. The van der Waals surface area contributed by atoms with Crippen molar-refractivity contribution in [2.24, 2.45) is 5.92 Å². The summed E-state index contributed by atoms with van der Waals surface area (Å²) in [5, 5.41) is 3.88. The van der Waals surface area contributed by atoms with Gasteiger partial charge in [0.05, 0.1) is 10.0 Å². The zero-order valence-electron chi connectivity index (χ0n) is 20.3. The van der Waals surface area contributed by atoms with Crippen LogP contribution in [0.1, 0.15) is 70.1 Å². The van der Waals surface area contributed by atoms with Crippen molar-refractivity contribution in [2.45, 2.75) is 72.4 Å². The van der Waals surface area contributed by atoms with E-state index in [0.29, 0.717) is 54.2 Å². The third-order valence-electron chi connectivity index (χ3n) is 5.68. The second-order valence-electron chi connectivity index (χ2n) is 9.23. The monoisotopic (exact) mass is 490 g/mol. The number of benzene rings is 2. The van der Waals surface area contributed by atoms with E-state index in [4.69, 9.17) is 23.2 Å². The molecule has 2 aromatic rings. The third-order valence-corrected chi connectivity index (χ3v) is 6.42. The minimum absolute atomic E-state index is 0.0550. The summed E-state index contributed by atoms with van der Waals surface area (Å²) in [5.74, 6) is 0.623. The maximum Gasteiger partial charge on any atom is 0.242 e. The highest BCUT2D eigenvalue weighted by Crippen LogP contribution is 2.24. The molecule has 0 spiro atoms. The van der Waals surface area contributed by atoms with Gasteiger partial charge in [-0.1, -0.05) is 88.2 Å². The Bertz CT molecular complexity index is 926. The summed E-state index contributed by atoms with van der Waals surface area (Å²) < 4.78 is 0. The summed E-state index contributed by atoms with van der Waals surface area (Å²) in [7, 11) is 0. The van der Waals surface area contributed by atoms with Gasteiger partial charge in [-0.2, -0.15) is 0 Å². The van der Waals surface area contributed by atoms with E-state index in [9.17, 15) is 9.59 Å². The van der Waals surface area contributed by atoms with Crippen molar-refractivity contribution in [3.63, 3.8) is 0 Å². The van der Waals surface area contributed by atoms with Crippen LogP contribution in [0.15, 0.2) is 42.5 Å². The van der Waals surface area contributed by atoms with Crippen molar-refractivity contribution in [2.75, 3.05) is 6.54 Å². The number of amides is 2. The fourth-order valence-corrected chi connectivity index (χ4v) is 3.96. The molecule has 0 fully saturated rings. The van der Waals surface area contributed by atoms with E-state index in [1.54, 1.807) is 17.0 Å². The molecular formula is C27H36Cl2N2O2. The predicted molar refractivity (Wildman–Crippen MR) is 138 cm³/mol. The van der Waals surface area contributed by atoms with E-state index in [-0.39, 0.29) is 11.8 Å². The fraction of sp³-hybridized carbons (Fsp3) is 0.481. The lowest BCUT2D eigenvalue weighted by molar-refractivity contribution is -0.141. The quantitative estimate of drug-likeness (QED) is 0.384. The van der Waals surface area contributed by atoms with E-state index in [1.807, 2.05) is 26.8 Å². The summed E-state index contributed by atoms with van der Waals surface area (Å²) in [6.45, 7) is 11.2. The normalized spacial score (nSPS) is 12.2. The summed E-state index contributed by atoms with van der Waals surface area (Å²) in [4.78, 5) is 28.0. The Morgan fingerprint density at radius 3 is 2.12 bits per heavy atom. The summed E-state index contributed by atoms with van der Waals surface area (Å²) >= 11 is 12.3. The molecule has 0 saturated heterocycles. The second-order valence-corrected chi connectivity index (χ2v) is 10.0. The number of carbonyl (C=O) groups is 2. The molecule has 0 unspecified atom stereocenters. The van der Waals surface area contributed by atoms with Gasteiger partial charge in [0, 0.05) is 19.5 Å². The highest BCUT2D eigenvalue weighted by Gasteiger charge is 2.28. The largest absolute Gasteiger partial charge is 0.354 e. The topological polar surface area (TPSA) is 49.4 Å². The number of hydrogen-bond donors (Lipinski definition) is 1. The van der Waals surface area contributed by atoms with Crippen molar-refractivity contribution < 1.29 is 9.59 Å². The van der Waals surface area contributed by atoms with E-state index in [2.05, 4.69) is 43.4 Å². The van der Waals surface area contributed by atoms with Gasteiger partial charge in [-0.05, 0) is 53.5 Å². The molecule has 1 atom stereocenters. The Hall–Kier alpha value is -2.04. The summed E-state index contributed by atoms with van der Waals surface area (Å²) in [5.41, 5.74) is 3.23. The molecule has 0 heterocycles. The van der Waals surface area contributed by atoms with E-state index in [0.717, 1.165) is 11.1 Å². The molecule has 2 rings (SSSR count). The van der Waals surface area contributed by atoms with Gasteiger partial charge < -0.3 is 10.2 Å². The minimum atomic E-state index is -0.547. The standard InChI is InChI=1S/C27H36Cl2N2O2/c1-6-25(27(33)30-16-18(2)3)31(17-21-9-13-23(28)24(29)15-21)26(32)14-10-20-7-11-22(12-8-20)19(4)5/h7-9,11-13,15,18-19,25H,6,10,14,16-17H2,1-5H3,(H,30,33)/t25-/m0/s1. The SMILES string of the molecule is CC[C@@H](C(=O)NCC(C)C)N(Cc1ccc(Cl)c(Cl)c1)C(=O)CCc1ccc(C(C)C)cc1. The minimum Gasteiger partial charge on any atom is -0.354 e. The highest BCUT2D eigenvalue weighted by molar-refractivity contribution is 6.42. The number of halogens is 2. The molecule has 0 aliphatic heterocycles. The lowest BCUT2D eigenvalue weighted by atomic mass is 10.00. The maximum absolute atomic E-state index is 13.4. The Kier molecular flexibility index (Phi) is 10.7. The van der Waals surface area contributed by atoms with Gasteiger partial charge >= 0.3 is 0 Å². The Labute approximate surface area is 208 Å². The number of aryl methyl sites for hydroxylation is 1. The van der Waals surface area contributed by atoms with Crippen LogP contribution in [0.5, 0.6) is 0 Å². The first-order valence-electron chi connectivity index (χ1n) is 11.7. The molecule has 1 N–H and O–H groups in total. The van der Waals surface area contributed by atoms with Crippen LogP contribution in [-0.2, 0) is 22.6 Å². The average Bonchev–Trinajstić information content (AvgIpc) is 2.78. The third kappa shape index (κ3) is 8.35. The summed E-state index contributed by atoms with van der Waals surface area (Å²) in [6.07, 6.45) is 1.48. The van der Waals surface area contributed by atoms with Gasteiger partial charge in [-0.15, -0.1) is 0 Å². The number of rotatable bonds is 11. The van der Waals surface area contributed by atoms with Crippen LogP contribution in [0.2, 0.25) is 10.0 Å². The molecule has 33 heavy (non-hydrogen) atoms. The van der Waals surface area contributed by atoms with E-state index >= 15 is 0 Å². The molecule has 0 radical (unpaired) electrons. The van der Waals surface area contributed by atoms with E-state index < -0.39 is 6.04 Å². The second kappa shape index (κ2) is 13.0. The van der Waals surface area contributed by atoms with Crippen molar-refractivity contribution in [1.29, 1.82) is 0 Å². The summed E-state index contributed by atoms with van der Waals surface area (Å²) in [6, 6.07) is 13.2. The van der Waals surface area contributed by atoms with Gasteiger partial charge in [0.25, 0.3) is 0 Å². The predicted octanol–water partition coefficient (Wildman–Crippen LogP) is 6.63. The first kappa shape index (κ1) is 27.2. The average molecular weight is 492 g/mol. The van der Waals surface area contributed by atoms with Crippen LogP contribution >= 0.6 is 23.2 Å². The van der Waals surface area contributed by atoms with Crippen molar-refractivity contribution >= 4 is 35.0 Å². The van der Waals surface area contributed by atoms with Crippen LogP contribution in [0.25, 0.3) is 0 Å². The molecule has 6 heteroatoms. The van der Waals surface area contributed by atoms with Crippen molar-refractivity contribution in [3.8, 4) is 0 Å². The van der Waals surface area contributed by atoms with Crippen LogP contribution in [-0.4, -0.2) is 29.3 Å². The lowest BCUT2D eigenvalue weighted by Gasteiger charge is -2.31. The van der Waals surface area contributed by atoms with Gasteiger partial charge in [0.15, 0.2) is 0 Å². The molecule has 0 aromatic heterocycles. The molecule has 0 bridgehead atoms. The number of carbonyl (C=O) groups excluding carboxylic acids is 2. The molecule has 4 nitrogen and oxygen atoms in total. The molecule has 2 amide bonds. The Morgan fingerprint density at radius 1 is 0.939 bits per heavy atom. The molecular weight excluding hydrogens is 455 g/mol. The van der Waals surface area contributed by atoms with Gasteiger partial charge in [-0.3, -0.25) is 9.59 Å². The van der Waals surface area contributed by atoms with Crippen LogP contribution in [0.3, 0.4) is 0 Å². The Morgan fingerprint density at radius 2 is 1.58 bits per heavy atom. The van der Waals surface area contributed by atoms with Crippen LogP contribution in [0.4, 0.5) is 0 Å². The lowest BCUT2D eigenvalue weighted by Crippen LogP contribution is -2.49. The number of nitrogens with zero attached hydrogens (tertiary/aromatic N) is 1. The van der Waals surface area contributed by atoms with Crippen LogP contribution < -0.4 is 5.32 Å². The maximum atomic E-state index is 13.4. The smallest absolute Gasteiger partial charge is 0.242 e. The molecule has 2 aromatic carbocycles. The van der Waals surface area contributed by atoms with E-state index in [1.165, 1.54) is 5.56 Å².